The van der Waals surface area contributed by atoms with Crippen molar-refractivity contribution < 1.29 is 22.8 Å². The second-order valence-corrected chi connectivity index (χ2v) is 8.45. The first-order valence-electron chi connectivity index (χ1n) is 11.2. The number of nitrogens with zero attached hydrogens (tertiary/aromatic N) is 1. The van der Waals surface area contributed by atoms with Gasteiger partial charge in [-0.25, -0.2) is 0 Å². The smallest absolute Gasteiger partial charge is 0.371 e. The normalized spacial score (nSPS) is 18.7. The molecule has 2 aromatic carbocycles. The Morgan fingerprint density at radius 3 is 2.36 bits per heavy atom. The summed E-state index contributed by atoms with van der Waals surface area (Å²) in [5.41, 5.74) is 1.42. The van der Waals surface area contributed by atoms with Crippen molar-refractivity contribution in [3.63, 3.8) is 0 Å². The van der Waals surface area contributed by atoms with Gasteiger partial charge in [0.25, 0.3) is 0 Å². The highest BCUT2D eigenvalue weighted by molar-refractivity contribution is 6.01. The summed E-state index contributed by atoms with van der Waals surface area (Å²) in [6.45, 7) is 2.05. The summed E-state index contributed by atoms with van der Waals surface area (Å²) in [5.74, 6) is -1.21. The number of nitrogens with one attached hydrogen (secondary N) is 3. The van der Waals surface area contributed by atoms with Crippen LogP contribution in [0, 0.1) is 5.92 Å². The Kier molecular flexibility index (Phi) is 6.76. The number of benzene rings is 2. The average molecular weight is 461 g/mol. The minimum Gasteiger partial charge on any atom is -0.371 e. The number of amides is 2. The summed E-state index contributed by atoms with van der Waals surface area (Å²) in [6, 6.07) is 11.4. The van der Waals surface area contributed by atoms with Crippen molar-refractivity contribution in [2.45, 2.75) is 38.4 Å². The quantitative estimate of drug-likeness (QED) is 0.566. The van der Waals surface area contributed by atoms with Crippen LogP contribution in [0.15, 0.2) is 42.5 Å². The molecule has 2 amide bonds. The highest BCUT2D eigenvalue weighted by Gasteiger charge is 2.35. The summed E-state index contributed by atoms with van der Waals surface area (Å²) in [5, 5.41) is 8.42. The number of hydrogen-bond acceptors (Lipinski definition) is 4. The lowest BCUT2D eigenvalue weighted by atomic mass is 10.1. The van der Waals surface area contributed by atoms with E-state index in [1.807, 2.05) is 4.90 Å². The third kappa shape index (κ3) is 5.58. The Balaban J connectivity index is 1.41. The molecule has 2 aromatic rings. The molecule has 176 valence electrons. The van der Waals surface area contributed by atoms with Crippen molar-refractivity contribution >= 4 is 28.9 Å². The van der Waals surface area contributed by atoms with Crippen LogP contribution in [0.3, 0.4) is 0 Å². The first kappa shape index (κ1) is 22.9. The number of halogens is 3. The third-order valence-corrected chi connectivity index (χ3v) is 6.07. The Labute approximate surface area is 190 Å². The second-order valence-electron chi connectivity index (χ2n) is 8.45. The maximum absolute atomic E-state index is 13.7. The van der Waals surface area contributed by atoms with Gasteiger partial charge >= 0.3 is 6.18 Å². The molecule has 2 aliphatic heterocycles. The minimum atomic E-state index is -4.44. The Bertz CT molecular complexity index is 1000. The molecule has 2 heterocycles. The summed E-state index contributed by atoms with van der Waals surface area (Å²) in [4.78, 5) is 25.5. The fourth-order valence-electron chi connectivity index (χ4n) is 4.28. The molecule has 3 N–H and O–H groups in total. The van der Waals surface area contributed by atoms with Crippen LogP contribution in [-0.2, 0) is 22.3 Å². The van der Waals surface area contributed by atoms with Crippen LogP contribution in [0.2, 0.25) is 0 Å². The van der Waals surface area contributed by atoms with Gasteiger partial charge in [-0.15, -0.1) is 0 Å². The van der Waals surface area contributed by atoms with E-state index in [9.17, 15) is 22.8 Å². The molecule has 2 fully saturated rings. The largest absolute Gasteiger partial charge is 0.418 e. The number of hydrogen-bond donors (Lipinski definition) is 3. The van der Waals surface area contributed by atoms with Crippen molar-refractivity contribution in [3.05, 3.63) is 53.6 Å². The Hall–Kier alpha value is -3.23. The molecule has 2 aliphatic rings. The van der Waals surface area contributed by atoms with Gasteiger partial charge in [0.05, 0.1) is 5.56 Å². The number of piperidine rings is 1. The number of carbonyl (C=O) groups is 2. The van der Waals surface area contributed by atoms with E-state index >= 15 is 0 Å². The van der Waals surface area contributed by atoms with Gasteiger partial charge in [0.2, 0.25) is 11.8 Å². The molecule has 6 nitrogen and oxygen atoms in total. The van der Waals surface area contributed by atoms with E-state index in [1.54, 1.807) is 36.4 Å². The molecule has 0 radical (unpaired) electrons. The van der Waals surface area contributed by atoms with Crippen molar-refractivity contribution in [2.75, 3.05) is 29.9 Å². The molecule has 33 heavy (non-hydrogen) atoms. The van der Waals surface area contributed by atoms with Gasteiger partial charge in [-0.1, -0.05) is 12.1 Å². The molecular weight excluding hydrogens is 433 g/mol. The van der Waals surface area contributed by atoms with E-state index in [4.69, 9.17) is 0 Å². The van der Waals surface area contributed by atoms with E-state index in [-0.39, 0.29) is 24.0 Å². The molecule has 0 spiro atoms. The lowest BCUT2D eigenvalue weighted by molar-refractivity contribution is -0.137. The summed E-state index contributed by atoms with van der Waals surface area (Å²) in [6.07, 6.45) is -1.10. The fraction of sp³-hybridized carbons (Fsp3) is 0.417. The van der Waals surface area contributed by atoms with E-state index in [1.165, 1.54) is 0 Å². The van der Waals surface area contributed by atoms with Crippen molar-refractivity contribution in [3.8, 4) is 0 Å². The number of alkyl halides is 3. The summed E-state index contributed by atoms with van der Waals surface area (Å²) in [7, 11) is 0. The zero-order valence-electron chi connectivity index (χ0n) is 18.2. The molecule has 1 unspecified atom stereocenters. The van der Waals surface area contributed by atoms with Crippen LogP contribution in [0.25, 0.3) is 0 Å². The third-order valence-electron chi connectivity index (χ3n) is 6.07. The molecular formula is C24H27F3N4O2. The van der Waals surface area contributed by atoms with Gasteiger partial charge in [0, 0.05) is 43.2 Å². The standard InChI is InChI=1S/C24H27F3N4O2/c25-24(26,27)20-14-18(8-9-21(20)31-12-2-1-3-13-31)30-17-6-4-16(5-7-17)15-29-23(33)19-10-11-28-22(19)32/h4-9,14,19,30H,1-3,10-13,15H2,(H,28,32)(H,29,33). The molecule has 4 rings (SSSR count). The molecule has 0 aromatic heterocycles. The Morgan fingerprint density at radius 1 is 1.03 bits per heavy atom. The van der Waals surface area contributed by atoms with Gasteiger partial charge in [-0.3, -0.25) is 9.59 Å². The molecule has 2 saturated heterocycles. The van der Waals surface area contributed by atoms with Crippen molar-refractivity contribution in [1.82, 2.24) is 10.6 Å². The molecule has 0 bridgehead atoms. The SMILES string of the molecule is O=C1NCCC1C(=O)NCc1ccc(Nc2ccc(N3CCCCC3)c(C(F)(F)F)c2)cc1. The maximum atomic E-state index is 13.7. The zero-order valence-corrected chi connectivity index (χ0v) is 18.2. The number of carbonyl (C=O) groups excluding carboxylic acids is 2. The minimum absolute atomic E-state index is 0.231. The molecule has 0 aliphatic carbocycles. The highest BCUT2D eigenvalue weighted by atomic mass is 19.4. The number of anilines is 3. The van der Waals surface area contributed by atoms with E-state index in [0.717, 1.165) is 30.9 Å². The first-order valence-corrected chi connectivity index (χ1v) is 11.2. The van der Waals surface area contributed by atoms with Gasteiger partial charge in [-0.05, 0) is 61.6 Å². The summed E-state index contributed by atoms with van der Waals surface area (Å²) >= 11 is 0. The van der Waals surface area contributed by atoms with Gasteiger partial charge in [0.15, 0.2) is 0 Å². The second kappa shape index (κ2) is 9.72. The Morgan fingerprint density at radius 2 is 1.73 bits per heavy atom. The van der Waals surface area contributed by atoms with Crippen molar-refractivity contribution in [1.29, 1.82) is 0 Å². The molecule has 1 atom stereocenters. The van der Waals surface area contributed by atoms with Crippen LogP contribution in [0.1, 0.15) is 36.8 Å². The maximum Gasteiger partial charge on any atom is 0.418 e. The van der Waals surface area contributed by atoms with Crippen LogP contribution in [-0.4, -0.2) is 31.4 Å². The lowest BCUT2D eigenvalue weighted by Crippen LogP contribution is -2.34. The van der Waals surface area contributed by atoms with Gasteiger partial charge in [0.1, 0.15) is 5.92 Å². The zero-order chi connectivity index (χ0) is 23.4. The fourth-order valence-corrected chi connectivity index (χ4v) is 4.28. The first-order chi connectivity index (χ1) is 15.8. The van der Waals surface area contributed by atoms with Crippen LogP contribution in [0.4, 0.5) is 30.2 Å². The average Bonchev–Trinajstić information content (AvgIpc) is 3.24. The van der Waals surface area contributed by atoms with E-state index < -0.39 is 17.7 Å². The summed E-state index contributed by atoms with van der Waals surface area (Å²) < 4.78 is 41.2. The highest BCUT2D eigenvalue weighted by Crippen LogP contribution is 2.39. The van der Waals surface area contributed by atoms with Gasteiger partial charge < -0.3 is 20.9 Å². The number of rotatable bonds is 6. The van der Waals surface area contributed by atoms with Crippen LogP contribution >= 0.6 is 0 Å². The van der Waals surface area contributed by atoms with Crippen LogP contribution < -0.4 is 20.9 Å². The monoisotopic (exact) mass is 460 g/mol. The van der Waals surface area contributed by atoms with Crippen LogP contribution in [0.5, 0.6) is 0 Å². The predicted octanol–water partition coefficient (Wildman–Crippen LogP) is 4.19. The van der Waals surface area contributed by atoms with E-state index in [0.29, 0.717) is 37.4 Å². The van der Waals surface area contributed by atoms with Crippen molar-refractivity contribution in [2.24, 2.45) is 5.92 Å². The topological polar surface area (TPSA) is 73.5 Å². The van der Waals surface area contributed by atoms with Gasteiger partial charge in [-0.2, -0.15) is 13.2 Å². The van der Waals surface area contributed by atoms with E-state index in [2.05, 4.69) is 16.0 Å². The molecule has 0 saturated carbocycles. The molecule has 9 heteroatoms. The predicted molar refractivity (Wildman–Crippen MR) is 120 cm³/mol. The lowest BCUT2D eigenvalue weighted by Gasteiger charge is -2.31.